The number of hydrogen-bond acceptors (Lipinski definition) is 4. The number of ether oxygens (including phenoxy) is 1. The highest BCUT2D eigenvalue weighted by atomic mass is 16.7. The minimum absolute atomic E-state index is 0.00227. The van der Waals surface area contributed by atoms with E-state index in [0.717, 1.165) is 6.42 Å². The van der Waals surface area contributed by atoms with Crippen molar-refractivity contribution < 1.29 is 19.5 Å². The van der Waals surface area contributed by atoms with E-state index < -0.39 is 6.10 Å². The highest BCUT2D eigenvalue weighted by molar-refractivity contribution is 5.74. The molecule has 5 heteroatoms. The molecule has 2 N–H and O–H groups in total. The number of hydrogen-bond donors (Lipinski definition) is 2. The van der Waals surface area contributed by atoms with Gasteiger partial charge in [-0.05, 0) is 18.6 Å². The smallest absolute Gasteiger partial charge is 0.243 e. The Bertz CT molecular complexity index is 342. The van der Waals surface area contributed by atoms with Crippen LogP contribution in [-0.4, -0.2) is 30.3 Å². The molecule has 1 atom stereocenters. The van der Waals surface area contributed by atoms with E-state index in [1.807, 2.05) is 25.1 Å². The third kappa shape index (κ3) is 6.22. The molecule has 1 amide bonds. The summed E-state index contributed by atoms with van der Waals surface area (Å²) in [6.45, 7) is 2.03. The number of amides is 1. The number of para-hydroxylation sites is 1. The lowest BCUT2D eigenvalue weighted by Crippen LogP contribution is -2.30. The fourth-order valence-electron chi connectivity index (χ4n) is 1.25. The molecule has 0 aliphatic heterocycles. The van der Waals surface area contributed by atoms with Crippen LogP contribution in [0.2, 0.25) is 0 Å². The first-order valence-electron chi connectivity index (χ1n) is 5.99. The van der Waals surface area contributed by atoms with Crippen molar-refractivity contribution in [3.8, 4) is 5.75 Å². The van der Waals surface area contributed by atoms with Gasteiger partial charge in [0.1, 0.15) is 25.1 Å². The van der Waals surface area contributed by atoms with Gasteiger partial charge in [-0.3, -0.25) is 9.63 Å². The number of carbonyl (C=O) groups excluding carboxylic acids is 1. The van der Waals surface area contributed by atoms with E-state index in [9.17, 15) is 9.90 Å². The van der Waals surface area contributed by atoms with Gasteiger partial charge < -0.3 is 9.84 Å². The van der Waals surface area contributed by atoms with Crippen molar-refractivity contribution in [2.75, 3.05) is 13.2 Å². The second-order valence-electron chi connectivity index (χ2n) is 3.86. The number of rotatable bonds is 8. The predicted octanol–water partition coefficient (Wildman–Crippen LogP) is 1.27. The van der Waals surface area contributed by atoms with E-state index in [4.69, 9.17) is 9.57 Å². The molecule has 100 valence electrons. The third-order valence-corrected chi connectivity index (χ3v) is 2.12. The SMILES string of the molecule is CCCC(=O)NOCC(O)COc1ccccc1. The fraction of sp³-hybridized carbons (Fsp3) is 0.462. The Kier molecular flexibility index (Phi) is 6.83. The largest absolute Gasteiger partial charge is 0.491 e. The number of carbonyl (C=O) groups is 1. The molecule has 0 bridgehead atoms. The number of aliphatic hydroxyl groups excluding tert-OH is 1. The maximum Gasteiger partial charge on any atom is 0.243 e. The fourth-order valence-corrected chi connectivity index (χ4v) is 1.25. The lowest BCUT2D eigenvalue weighted by atomic mass is 10.3. The molecule has 1 unspecified atom stereocenters. The molecule has 0 fully saturated rings. The van der Waals surface area contributed by atoms with Crippen LogP contribution in [0.3, 0.4) is 0 Å². The molecule has 0 radical (unpaired) electrons. The van der Waals surface area contributed by atoms with Crippen LogP contribution in [0.4, 0.5) is 0 Å². The average molecular weight is 253 g/mol. The molecule has 18 heavy (non-hydrogen) atoms. The monoisotopic (exact) mass is 253 g/mol. The predicted molar refractivity (Wildman–Crippen MR) is 66.9 cm³/mol. The molecule has 1 aromatic rings. The van der Waals surface area contributed by atoms with Crippen molar-refractivity contribution in [1.29, 1.82) is 0 Å². The standard InChI is InChI=1S/C13H19NO4/c1-2-6-13(16)14-18-10-11(15)9-17-12-7-4-3-5-8-12/h3-5,7-8,11,15H,2,6,9-10H2,1H3,(H,14,16). The minimum Gasteiger partial charge on any atom is -0.491 e. The van der Waals surface area contributed by atoms with Crippen LogP contribution in [0.5, 0.6) is 5.75 Å². The Morgan fingerprint density at radius 2 is 2.06 bits per heavy atom. The Morgan fingerprint density at radius 1 is 1.33 bits per heavy atom. The summed E-state index contributed by atoms with van der Waals surface area (Å²) in [6, 6.07) is 9.19. The summed E-state index contributed by atoms with van der Waals surface area (Å²) in [7, 11) is 0. The lowest BCUT2D eigenvalue weighted by Gasteiger charge is -2.12. The van der Waals surface area contributed by atoms with Crippen LogP contribution in [0.25, 0.3) is 0 Å². The molecule has 0 aliphatic carbocycles. The van der Waals surface area contributed by atoms with E-state index >= 15 is 0 Å². The van der Waals surface area contributed by atoms with Crippen LogP contribution in [0, 0.1) is 0 Å². The van der Waals surface area contributed by atoms with Gasteiger partial charge in [-0.2, -0.15) is 0 Å². The van der Waals surface area contributed by atoms with Crippen LogP contribution >= 0.6 is 0 Å². The maximum atomic E-state index is 11.1. The number of hydroxylamine groups is 1. The van der Waals surface area contributed by atoms with Gasteiger partial charge in [0.25, 0.3) is 0 Å². The van der Waals surface area contributed by atoms with Gasteiger partial charge in [-0.25, -0.2) is 5.48 Å². The van der Waals surface area contributed by atoms with E-state index in [-0.39, 0.29) is 19.1 Å². The molecule has 0 spiro atoms. The first kappa shape index (κ1) is 14.5. The van der Waals surface area contributed by atoms with Gasteiger partial charge in [0, 0.05) is 6.42 Å². The summed E-state index contributed by atoms with van der Waals surface area (Å²) < 4.78 is 5.33. The first-order valence-corrected chi connectivity index (χ1v) is 5.99. The van der Waals surface area contributed by atoms with E-state index in [2.05, 4.69) is 5.48 Å². The van der Waals surface area contributed by atoms with Gasteiger partial charge in [0.05, 0.1) is 0 Å². The number of aliphatic hydroxyl groups is 1. The molecule has 0 aliphatic rings. The minimum atomic E-state index is -0.785. The second kappa shape index (κ2) is 8.49. The molecule has 0 aromatic heterocycles. The van der Waals surface area contributed by atoms with Gasteiger partial charge in [-0.1, -0.05) is 25.1 Å². The zero-order valence-electron chi connectivity index (χ0n) is 10.5. The maximum absolute atomic E-state index is 11.1. The third-order valence-electron chi connectivity index (χ3n) is 2.12. The molecule has 5 nitrogen and oxygen atoms in total. The van der Waals surface area contributed by atoms with Crippen molar-refractivity contribution >= 4 is 5.91 Å². The van der Waals surface area contributed by atoms with Crippen molar-refractivity contribution in [2.45, 2.75) is 25.9 Å². The van der Waals surface area contributed by atoms with E-state index in [0.29, 0.717) is 12.2 Å². The Labute approximate surface area is 107 Å². The van der Waals surface area contributed by atoms with Gasteiger partial charge in [0.15, 0.2) is 0 Å². The van der Waals surface area contributed by atoms with Crippen LogP contribution < -0.4 is 10.2 Å². The van der Waals surface area contributed by atoms with E-state index in [1.54, 1.807) is 12.1 Å². The van der Waals surface area contributed by atoms with Gasteiger partial charge in [0.2, 0.25) is 5.91 Å². The zero-order valence-corrected chi connectivity index (χ0v) is 10.5. The summed E-state index contributed by atoms with van der Waals surface area (Å²) in [6.07, 6.45) is 0.387. The summed E-state index contributed by atoms with van der Waals surface area (Å²) in [4.78, 5) is 15.9. The topological polar surface area (TPSA) is 67.8 Å². The summed E-state index contributed by atoms with van der Waals surface area (Å²) >= 11 is 0. The number of benzene rings is 1. The van der Waals surface area contributed by atoms with E-state index in [1.165, 1.54) is 0 Å². The van der Waals surface area contributed by atoms with Gasteiger partial charge in [-0.15, -0.1) is 0 Å². The average Bonchev–Trinajstić information content (AvgIpc) is 2.38. The Balaban J connectivity index is 2.11. The summed E-state index contributed by atoms with van der Waals surface area (Å²) in [5.41, 5.74) is 2.26. The Morgan fingerprint density at radius 3 is 2.72 bits per heavy atom. The highest BCUT2D eigenvalue weighted by Crippen LogP contribution is 2.08. The van der Waals surface area contributed by atoms with Crippen molar-refractivity contribution in [3.05, 3.63) is 30.3 Å². The molecule has 1 aromatic carbocycles. The number of nitrogens with one attached hydrogen (secondary N) is 1. The van der Waals surface area contributed by atoms with Crippen molar-refractivity contribution in [2.24, 2.45) is 0 Å². The molecular formula is C13H19NO4. The van der Waals surface area contributed by atoms with Gasteiger partial charge >= 0.3 is 0 Å². The van der Waals surface area contributed by atoms with Crippen LogP contribution in [-0.2, 0) is 9.63 Å². The van der Waals surface area contributed by atoms with Crippen molar-refractivity contribution in [3.63, 3.8) is 0 Å². The quantitative estimate of drug-likeness (QED) is 0.685. The summed E-state index contributed by atoms with van der Waals surface area (Å²) in [5, 5.41) is 9.55. The zero-order chi connectivity index (χ0) is 13.2. The van der Waals surface area contributed by atoms with Crippen LogP contribution in [0.1, 0.15) is 19.8 Å². The van der Waals surface area contributed by atoms with Crippen molar-refractivity contribution in [1.82, 2.24) is 5.48 Å². The lowest BCUT2D eigenvalue weighted by molar-refractivity contribution is -0.136. The molecule has 1 rings (SSSR count). The second-order valence-corrected chi connectivity index (χ2v) is 3.86. The molecular weight excluding hydrogens is 234 g/mol. The van der Waals surface area contributed by atoms with Crippen LogP contribution in [0.15, 0.2) is 30.3 Å². The molecule has 0 saturated carbocycles. The normalized spacial score (nSPS) is 11.9. The molecule has 0 heterocycles. The summed E-state index contributed by atoms with van der Waals surface area (Å²) in [5.74, 6) is 0.500. The Hall–Kier alpha value is -1.59. The first-order chi connectivity index (χ1) is 8.72. The highest BCUT2D eigenvalue weighted by Gasteiger charge is 2.07. The molecule has 0 saturated heterocycles.